The number of nitrogens with zero attached hydrogens (tertiary/aromatic N) is 1. The van der Waals surface area contributed by atoms with Gasteiger partial charge >= 0.3 is 0 Å². The van der Waals surface area contributed by atoms with Gasteiger partial charge in [0, 0.05) is 18.6 Å². The van der Waals surface area contributed by atoms with Crippen LogP contribution in [0.3, 0.4) is 0 Å². The Kier molecular flexibility index (Phi) is 3.10. The Balaban J connectivity index is 2.01. The van der Waals surface area contributed by atoms with Crippen LogP contribution in [0, 0.1) is 0 Å². The smallest absolute Gasteiger partial charge is 0.0700 e. The van der Waals surface area contributed by atoms with E-state index in [1.807, 2.05) is 0 Å². The molecular formula is C11H21NO2. The fourth-order valence-electron chi connectivity index (χ4n) is 2.73. The summed E-state index contributed by atoms with van der Waals surface area (Å²) >= 11 is 0. The maximum absolute atomic E-state index is 9.86. The number of aliphatic hydroxyl groups is 1. The number of morpholine rings is 1. The Bertz CT molecular complexity index is 198. The first-order valence-corrected chi connectivity index (χ1v) is 5.75. The molecule has 82 valence electrons. The molecule has 1 saturated carbocycles. The second-order valence-electron chi connectivity index (χ2n) is 4.62. The molecule has 1 N–H and O–H groups in total. The largest absolute Gasteiger partial charge is 0.391 e. The molecule has 3 nitrogen and oxygen atoms in total. The predicted molar refractivity (Wildman–Crippen MR) is 55.2 cm³/mol. The van der Waals surface area contributed by atoms with Crippen molar-refractivity contribution in [3.63, 3.8) is 0 Å². The number of ether oxygens (including phenoxy) is 1. The fourth-order valence-corrected chi connectivity index (χ4v) is 2.73. The van der Waals surface area contributed by atoms with Crippen LogP contribution >= 0.6 is 0 Å². The molecule has 1 heterocycles. The molecule has 4 atom stereocenters. The van der Waals surface area contributed by atoms with Gasteiger partial charge < -0.3 is 9.84 Å². The van der Waals surface area contributed by atoms with Crippen molar-refractivity contribution in [2.75, 3.05) is 13.2 Å². The number of hydrogen-bond acceptors (Lipinski definition) is 3. The fraction of sp³-hybridized carbons (Fsp3) is 1.00. The molecule has 1 aliphatic heterocycles. The van der Waals surface area contributed by atoms with Crippen LogP contribution in [-0.4, -0.2) is 47.4 Å². The van der Waals surface area contributed by atoms with Crippen molar-refractivity contribution in [1.82, 2.24) is 4.90 Å². The van der Waals surface area contributed by atoms with Crippen molar-refractivity contribution in [2.24, 2.45) is 0 Å². The lowest BCUT2D eigenvalue weighted by molar-refractivity contribution is -0.0858. The van der Waals surface area contributed by atoms with E-state index in [2.05, 4.69) is 18.7 Å². The molecule has 0 amide bonds. The van der Waals surface area contributed by atoms with Crippen molar-refractivity contribution >= 4 is 0 Å². The Morgan fingerprint density at radius 1 is 1.29 bits per heavy atom. The topological polar surface area (TPSA) is 32.7 Å². The first-order chi connectivity index (χ1) is 6.70. The molecule has 2 aliphatic rings. The minimum absolute atomic E-state index is 0.109. The molecule has 3 heteroatoms. The van der Waals surface area contributed by atoms with Crippen LogP contribution < -0.4 is 0 Å². The van der Waals surface area contributed by atoms with Gasteiger partial charge in [0.15, 0.2) is 0 Å². The van der Waals surface area contributed by atoms with Crippen molar-refractivity contribution in [1.29, 1.82) is 0 Å². The molecule has 4 unspecified atom stereocenters. The van der Waals surface area contributed by atoms with Gasteiger partial charge in [-0.25, -0.2) is 0 Å². The predicted octanol–water partition coefficient (Wildman–Crippen LogP) is 1.01. The lowest BCUT2D eigenvalue weighted by Crippen LogP contribution is -2.54. The van der Waals surface area contributed by atoms with Crippen LogP contribution in [0.1, 0.15) is 33.1 Å². The van der Waals surface area contributed by atoms with Gasteiger partial charge in [-0.1, -0.05) is 0 Å². The van der Waals surface area contributed by atoms with Crippen molar-refractivity contribution in [2.45, 2.75) is 57.4 Å². The molecule has 0 radical (unpaired) electrons. The Hall–Kier alpha value is -0.120. The third kappa shape index (κ3) is 1.81. The van der Waals surface area contributed by atoms with Crippen LogP contribution in [0.4, 0.5) is 0 Å². The maximum atomic E-state index is 9.86. The summed E-state index contributed by atoms with van der Waals surface area (Å²) in [7, 11) is 0. The van der Waals surface area contributed by atoms with Crippen LogP contribution in [0.25, 0.3) is 0 Å². The standard InChI is InChI=1S/C11H21NO2/c1-8-9(2)14-7-6-12(8)10-4-3-5-11(10)13/h8-11,13H,3-7H2,1-2H3. The first-order valence-electron chi connectivity index (χ1n) is 5.75. The molecule has 1 aliphatic carbocycles. The highest BCUT2D eigenvalue weighted by atomic mass is 16.5. The highest BCUT2D eigenvalue weighted by molar-refractivity contribution is 4.90. The van der Waals surface area contributed by atoms with Crippen LogP contribution in [0.15, 0.2) is 0 Å². The van der Waals surface area contributed by atoms with E-state index in [9.17, 15) is 5.11 Å². The average Bonchev–Trinajstić information content (AvgIpc) is 2.57. The van der Waals surface area contributed by atoms with Crippen LogP contribution in [0.2, 0.25) is 0 Å². The summed E-state index contributed by atoms with van der Waals surface area (Å²) in [4.78, 5) is 2.44. The molecule has 0 aromatic heterocycles. The molecule has 2 rings (SSSR count). The molecule has 1 saturated heterocycles. The van der Waals surface area contributed by atoms with Gasteiger partial charge in [-0.3, -0.25) is 4.90 Å². The Morgan fingerprint density at radius 2 is 2.07 bits per heavy atom. The second kappa shape index (κ2) is 4.17. The van der Waals surface area contributed by atoms with Crippen molar-refractivity contribution < 1.29 is 9.84 Å². The van der Waals surface area contributed by atoms with Gasteiger partial charge in [-0.05, 0) is 33.1 Å². The summed E-state index contributed by atoms with van der Waals surface area (Å²) in [6, 6.07) is 0.831. The lowest BCUT2D eigenvalue weighted by atomic mass is 10.1. The Labute approximate surface area is 86.0 Å². The number of rotatable bonds is 1. The SMILES string of the molecule is CC1OCCN(C2CCCC2O)C1C. The van der Waals surface area contributed by atoms with Gasteiger partial charge in [0.1, 0.15) is 0 Å². The zero-order chi connectivity index (χ0) is 10.1. The minimum atomic E-state index is -0.109. The zero-order valence-electron chi connectivity index (χ0n) is 9.15. The first kappa shape index (κ1) is 10.4. The van der Waals surface area contributed by atoms with E-state index >= 15 is 0 Å². The molecule has 0 bridgehead atoms. The van der Waals surface area contributed by atoms with E-state index in [4.69, 9.17) is 4.74 Å². The van der Waals surface area contributed by atoms with Gasteiger partial charge in [0.05, 0.1) is 18.8 Å². The van der Waals surface area contributed by atoms with Gasteiger partial charge in [0.25, 0.3) is 0 Å². The van der Waals surface area contributed by atoms with E-state index in [0.29, 0.717) is 18.2 Å². The van der Waals surface area contributed by atoms with E-state index in [0.717, 1.165) is 26.0 Å². The van der Waals surface area contributed by atoms with Gasteiger partial charge in [-0.15, -0.1) is 0 Å². The van der Waals surface area contributed by atoms with E-state index < -0.39 is 0 Å². The summed E-state index contributed by atoms with van der Waals surface area (Å²) in [5.74, 6) is 0. The highest BCUT2D eigenvalue weighted by Crippen LogP contribution is 2.28. The minimum Gasteiger partial charge on any atom is -0.391 e. The zero-order valence-corrected chi connectivity index (χ0v) is 9.15. The lowest BCUT2D eigenvalue weighted by Gasteiger charge is -2.42. The van der Waals surface area contributed by atoms with Gasteiger partial charge in [-0.2, -0.15) is 0 Å². The molecule has 2 fully saturated rings. The van der Waals surface area contributed by atoms with E-state index in [1.165, 1.54) is 6.42 Å². The quantitative estimate of drug-likeness (QED) is 0.684. The van der Waals surface area contributed by atoms with Crippen LogP contribution in [0.5, 0.6) is 0 Å². The molecule has 0 aromatic rings. The second-order valence-corrected chi connectivity index (χ2v) is 4.62. The number of hydrogen-bond donors (Lipinski definition) is 1. The summed E-state index contributed by atoms with van der Waals surface area (Å²) in [6.45, 7) is 6.12. The average molecular weight is 199 g/mol. The normalized spacial score (nSPS) is 45.6. The monoisotopic (exact) mass is 199 g/mol. The molecular weight excluding hydrogens is 178 g/mol. The summed E-state index contributed by atoms with van der Waals surface area (Å²) in [5, 5.41) is 9.86. The highest BCUT2D eigenvalue weighted by Gasteiger charge is 2.36. The third-order valence-electron chi connectivity index (χ3n) is 3.80. The Morgan fingerprint density at radius 3 is 2.71 bits per heavy atom. The van der Waals surface area contributed by atoms with Crippen molar-refractivity contribution in [3.8, 4) is 0 Å². The van der Waals surface area contributed by atoms with Gasteiger partial charge in [0.2, 0.25) is 0 Å². The van der Waals surface area contributed by atoms with E-state index in [1.54, 1.807) is 0 Å². The summed E-state index contributed by atoms with van der Waals surface area (Å²) in [5.41, 5.74) is 0. The maximum Gasteiger partial charge on any atom is 0.0700 e. The summed E-state index contributed by atoms with van der Waals surface area (Å²) < 4.78 is 5.59. The summed E-state index contributed by atoms with van der Waals surface area (Å²) in [6.07, 6.45) is 3.49. The van der Waals surface area contributed by atoms with E-state index in [-0.39, 0.29) is 6.10 Å². The van der Waals surface area contributed by atoms with Crippen molar-refractivity contribution in [3.05, 3.63) is 0 Å². The molecule has 0 spiro atoms. The molecule has 0 aromatic carbocycles. The number of aliphatic hydroxyl groups excluding tert-OH is 1. The molecule has 14 heavy (non-hydrogen) atoms. The van der Waals surface area contributed by atoms with Crippen LogP contribution in [-0.2, 0) is 4.74 Å². The third-order valence-corrected chi connectivity index (χ3v) is 3.80.